The van der Waals surface area contributed by atoms with E-state index in [0.717, 1.165) is 13.2 Å². The minimum absolute atomic E-state index is 0.0645. The summed E-state index contributed by atoms with van der Waals surface area (Å²) in [4.78, 5) is 14.1. The number of methoxy groups -OCH3 is 1. The predicted molar refractivity (Wildman–Crippen MR) is 54.4 cm³/mol. The first kappa shape index (κ1) is 13.8. The van der Waals surface area contributed by atoms with E-state index in [0.29, 0.717) is 0 Å². The largest absolute Gasteiger partial charge is 0.469 e. The van der Waals surface area contributed by atoms with Crippen molar-refractivity contribution >= 4 is 17.6 Å². The molecule has 1 aromatic heterocycles. The van der Waals surface area contributed by atoms with Crippen LogP contribution in [0.2, 0.25) is 0 Å². The Hall–Kier alpha value is -1.30. The van der Waals surface area contributed by atoms with Gasteiger partial charge in [0.2, 0.25) is 5.95 Å². The maximum atomic E-state index is 13.3. The van der Waals surface area contributed by atoms with Gasteiger partial charge >= 0.3 is 5.97 Å². The van der Waals surface area contributed by atoms with Crippen molar-refractivity contribution < 1.29 is 22.7 Å². The van der Waals surface area contributed by atoms with Crippen LogP contribution in [0.3, 0.4) is 0 Å². The first-order chi connectivity index (χ1) is 7.99. The van der Waals surface area contributed by atoms with Crippen molar-refractivity contribution in [2.24, 2.45) is 0 Å². The zero-order valence-electron chi connectivity index (χ0n) is 8.84. The molecular formula is C10H9ClF3NO2. The highest BCUT2D eigenvalue weighted by Gasteiger charge is 2.18. The van der Waals surface area contributed by atoms with Gasteiger partial charge in [-0.1, -0.05) is 0 Å². The van der Waals surface area contributed by atoms with Gasteiger partial charge in [0.05, 0.1) is 19.4 Å². The molecule has 0 aromatic carbocycles. The van der Waals surface area contributed by atoms with E-state index in [-0.39, 0.29) is 23.4 Å². The number of esters is 1. The Morgan fingerprint density at radius 2 is 2.24 bits per heavy atom. The fourth-order valence-corrected chi connectivity index (χ4v) is 1.53. The second kappa shape index (κ2) is 5.86. The van der Waals surface area contributed by atoms with Gasteiger partial charge in [-0.05, 0) is 11.6 Å². The fraction of sp³-hybridized carbons (Fsp3) is 0.400. The lowest BCUT2D eigenvalue weighted by molar-refractivity contribution is -0.139. The minimum atomic E-state index is -2.91. The number of hydrogen-bond donors (Lipinski definition) is 0. The standard InChI is InChI=1S/C10H9ClF3NO2/c1-17-8(16)3-5-2-7(9(12)13)15-10(14)6(5)4-11/h2,9H,3-4H2,1H3. The summed E-state index contributed by atoms with van der Waals surface area (Å²) >= 11 is 5.48. The van der Waals surface area contributed by atoms with Gasteiger partial charge in [-0.3, -0.25) is 4.79 Å². The predicted octanol–water partition coefficient (Wildman–Crippen LogP) is 2.61. The third kappa shape index (κ3) is 3.33. The van der Waals surface area contributed by atoms with Gasteiger partial charge in [0, 0.05) is 5.56 Å². The second-order valence-electron chi connectivity index (χ2n) is 3.16. The van der Waals surface area contributed by atoms with Crippen molar-refractivity contribution in [3.63, 3.8) is 0 Å². The molecule has 0 fully saturated rings. The van der Waals surface area contributed by atoms with Crippen LogP contribution in [0, 0.1) is 5.95 Å². The van der Waals surface area contributed by atoms with Crippen molar-refractivity contribution in [1.82, 2.24) is 4.98 Å². The first-order valence-corrected chi connectivity index (χ1v) is 5.12. The summed E-state index contributed by atoms with van der Waals surface area (Å²) in [5.74, 6) is -2.01. The van der Waals surface area contributed by atoms with Gasteiger partial charge in [0.25, 0.3) is 6.43 Å². The highest BCUT2D eigenvalue weighted by atomic mass is 35.5. The summed E-state index contributed by atoms with van der Waals surface area (Å²) in [5.41, 5.74) is -0.730. The molecule has 0 saturated carbocycles. The summed E-state index contributed by atoms with van der Waals surface area (Å²) in [6, 6.07) is 0.961. The number of rotatable bonds is 4. The number of carbonyl (C=O) groups is 1. The molecule has 3 nitrogen and oxygen atoms in total. The molecule has 0 radical (unpaired) electrons. The van der Waals surface area contributed by atoms with Crippen LogP contribution in [0.1, 0.15) is 23.2 Å². The summed E-state index contributed by atoms with van der Waals surface area (Å²) in [5, 5.41) is 0. The summed E-state index contributed by atoms with van der Waals surface area (Å²) in [7, 11) is 1.15. The molecule has 1 aromatic rings. The van der Waals surface area contributed by atoms with Gasteiger partial charge in [-0.2, -0.15) is 4.39 Å². The van der Waals surface area contributed by atoms with E-state index in [1.807, 2.05) is 0 Å². The maximum absolute atomic E-state index is 13.3. The lowest BCUT2D eigenvalue weighted by atomic mass is 10.1. The number of aromatic nitrogens is 1. The van der Waals surface area contributed by atoms with E-state index in [2.05, 4.69) is 9.72 Å². The Bertz CT molecular complexity index is 426. The quantitative estimate of drug-likeness (QED) is 0.478. The second-order valence-corrected chi connectivity index (χ2v) is 3.43. The smallest absolute Gasteiger partial charge is 0.309 e. The molecule has 0 spiro atoms. The number of pyridine rings is 1. The van der Waals surface area contributed by atoms with Gasteiger partial charge in [0.1, 0.15) is 5.69 Å². The molecule has 0 N–H and O–H groups in total. The molecule has 1 rings (SSSR count). The van der Waals surface area contributed by atoms with E-state index in [9.17, 15) is 18.0 Å². The van der Waals surface area contributed by atoms with E-state index in [1.165, 1.54) is 0 Å². The highest BCUT2D eigenvalue weighted by Crippen LogP contribution is 2.23. The zero-order chi connectivity index (χ0) is 13.0. The molecule has 0 amide bonds. The van der Waals surface area contributed by atoms with Crippen LogP contribution in [0.5, 0.6) is 0 Å². The van der Waals surface area contributed by atoms with E-state index in [1.54, 1.807) is 0 Å². The van der Waals surface area contributed by atoms with Crippen molar-refractivity contribution in [2.45, 2.75) is 18.7 Å². The molecular weight excluding hydrogens is 259 g/mol. The SMILES string of the molecule is COC(=O)Cc1cc(C(F)F)nc(F)c1CCl. The average Bonchev–Trinajstić information content (AvgIpc) is 2.28. The summed E-state index contributed by atoms with van der Waals surface area (Å²) < 4.78 is 42.5. The Kier molecular flexibility index (Phi) is 4.74. The normalized spacial score (nSPS) is 10.7. The third-order valence-electron chi connectivity index (χ3n) is 2.11. The van der Waals surface area contributed by atoms with Crippen LogP contribution in [0.15, 0.2) is 6.07 Å². The maximum Gasteiger partial charge on any atom is 0.309 e. The lowest BCUT2D eigenvalue weighted by Crippen LogP contribution is -2.10. The van der Waals surface area contributed by atoms with E-state index < -0.39 is 24.0 Å². The molecule has 0 unspecified atom stereocenters. The van der Waals surface area contributed by atoms with Gasteiger partial charge in [-0.15, -0.1) is 11.6 Å². The van der Waals surface area contributed by atoms with Crippen LogP contribution in [0.25, 0.3) is 0 Å². The lowest BCUT2D eigenvalue weighted by Gasteiger charge is -2.09. The molecule has 0 atom stereocenters. The van der Waals surface area contributed by atoms with Crippen LogP contribution in [-0.2, 0) is 21.8 Å². The van der Waals surface area contributed by atoms with Gasteiger partial charge in [-0.25, -0.2) is 13.8 Å². The number of alkyl halides is 3. The Morgan fingerprint density at radius 3 is 2.71 bits per heavy atom. The van der Waals surface area contributed by atoms with Gasteiger partial charge in [0.15, 0.2) is 0 Å². The monoisotopic (exact) mass is 267 g/mol. The van der Waals surface area contributed by atoms with Crippen molar-refractivity contribution in [3.8, 4) is 0 Å². The Labute approximate surface area is 101 Å². The number of halogens is 4. The van der Waals surface area contributed by atoms with Crippen molar-refractivity contribution in [2.75, 3.05) is 7.11 Å². The van der Waals surface area contributed by atoms with E-state index >= 15 is 0 Å². The first-order valence-electron chi connectivity index (χ1n) is 4.58. The molecule has 17 heavy (non-hydrogen) atoms. The van der Waals surface area contributed by atoms with Gasteiger partial charge < -0.3 is 4.74 Å². The molecule has 0 bridgehead atoms. The van der Waals surface area contributed by atoms with Crippen molar-refractivity contribution in [3.05, 3.63) is 28.8 Å². The van der Waals surface area contributed by atoms with Crippen LogP contribution < -0.4 is 0 Å². The molecule has 94 valence electrons. The molecule has 0 aliphatic rings. The third-order valence-corrected chi connectivity index (χ3v) is 2.37. The van der Waals surface area contributed by atoms with Crippen LogP contribution in [0.4, 0.5) is 13.2 Å². The Morgan fingerprint density at radius 1 is 1.59 bits per heavy atom. The number of hydrogen-bond acceptors (Lipinski definition) is 3. The minimum Gasteiger partial charge on any atom is -0.469 e. The molecule has 0 aliphatic heterocycles. The zero-order valence-corrected chi connectivity index (χ0v) is 9.60. The molecule has 0 aliphatic carbocycles. The molecule has 0 saturated heterocycles. The number of carbonyl (C=O) groups excluding carboxylic acids is 1. The average molecular weight is 268 g/mol. The fourth-order valence-electron chi connectivity index (χ4n) is 1.25. The molecule has 7 heteroatoms. The van der Waals surface area contributed by atoms with E-state index in [4.69, 9.17) is 11.6 Å². The van der Waals surface area contributed by atoms with Crippen LogP contribution >= 0.6 is 11.6 Å². The van der Waals surface area contributed by atoms with Crippen LogP contribution in [-0.4, -0.2) is 18.1 Å². The summed E-state index contributed by atoms with van der Waals surface area (Å²) in [6.07, 6.45) is -3.23. The Balaban J connectivity index is 3.19. The molecule has 1 heterocycles. The number of nitrogens with zero attached hydrogens (tertiary/aromatic N) is 1. The topological polar surface area (TPSA) is 39.2 Å². The highest BCUT2D eigenvalue weighted by molar-refractivity contribution is 6.17. The van der Waals surface area contributed by atoms with Crippen molar-refractivity contribution in [1.29, 1.82) is 0 Å². The summed E-state index contributed by atoms with van der Waals surface area (Å²) in [6.45, 7) is 0. The number of ether oxygens (including phenoxy) is 1.